The van der Waals surface area contributed by atoms with E-state index in [9.17, 15) is 0 Å². The summed E-state index contributed by atoms with van der Waals surface area (Å²) in [6.45, 7) is 3.98. The monoisotopic (exact) mass is 314 g/mol. The topological polar surface area (TPSA) is 77.8 Å². The van der Waals surface area contributed by atoms with Gasteiger partial charge in [0.2, 0.25) is 0 Å². The SMILES string of the molecule is Cc1c(N)c(N)c2nc3cccc(-c4ccccc4)c3nc2c1C. The Hall–Kier alpha value is -3.14. The molecular formula is C20H18N4. The second-order valence-corrected chi connectivity index (χ2v) is 6.04. The minimum absolute atomic E-state index is 0.507. The summed E-state index contributed by atoms with van der Waals surface area (Å²) in [5, 5.41) is 0. The number of hydrogen-bond donors (Lipinski definition) is 2. The van der Waals surface area contributed by atoms with Crippen LogP contribution in [-0.4, -0.2) is 9.97 Å². The Bertz CT molecular complexity index is 1090. The molecule has 0 spiro atoms. The third-order valence-corrected chi connectivity index (χ3v) is 4.65. The van der Waals surface area contributed by atoms with E-state index in [4.69, 9.17) is 21.4 Å². The number of nitrogens with two attached hydrogens (primary N) is 2. The fourth-order valence-electron chi connectivity index (χ4n) is 3.09. The molecule has 4 N–H and O–H groups in total. The van der Waals surface area contributed by atoms with Gasteiger partial charge in [0, 0.05) is 5.56 Å². The van der Waals surface area contributed by atoms with Crippen LogP contribution in [0, 0.1) is 13.8 Å². The van der Waals surface area contributed by atoms with E-state index in [2.05, 4.69) is 18.2 Å². The van der Waals surface area contributed by atoms with Crippen LogP contribution in [0.25, 0.3) is 33.2 Å². The predicted molar refractivity (Wildman–Crippen MR) is 101 cm³/mol. The molecule has 0 unspecified atom stereocenters. The zero-order valence-corrected chi connectivity index (χ0v) is 13.7. The average molecular weight is 314 g/mol. The van der Waals surface area contributed by atoms with E-state index in [1.807, 2.05) is 44.2 Å². The van der Waals surface area contributed by atoms with E-state index in [-0.39, 0.29) is 0 Å². The Morgan fingerprint density at radius 2 is 1.42 bits per heavy atom. The highest BCUT2D eigenvalue weighted by atomic mass is 14.8. The Labute approximate surface area is 140 Å². The number of nitrogen functional groups attached to an aromatic ring is 2. The predicted octanol–water partition coefficient (Wildman–Crippen LogP) is 4.23. The summed E-state index contributed by atoms with van der Waals surface area (Å²) >= 11 is 0. The van der Waals surface area contributed by atoms with Crippen molar-refractivity contribution in [2.75, 3.05) is 11.5 Å². The zero-order chi connectivity index (χ0) is 16.8. The third-order valence-electron chi connectivity index (χ3n) is 4.65. The van der Waals surface area contributed by atoms with Crippen molar-refractivity contribution in [3.63, 3.8) is 0 Å². The molecule has 0 amide bonds. The summed E-state index contributed by atoms with van der Waals surface area (Å²) in [6, 6.07) is 16.2. The number of nitrogens with zero attached hydrogens (tertiary/aromatic N) is 2. The molecule has 4 nitrogen and oxygen atoms in total. The molecule has 0 atom stereocenters. The van der Waals surface area contributed by atoms with Crippen molar-refractivity contribution in [1.29, 1.82) is 0 Å². The summed E-state index contributed by atoms with van der Waals surface area (Å²) < 4.78 is 0. The molecule has 1 heterocycles. The van der Waals surface area contributed by atoms with Gasteiger partial charge in [-0.2, -0.15) is 0 Å². The van der Waals surface area contributed by atoms with Gasteiger partial charge in [0.15, 0.2) is 0 Å². The van der Waals surface area contributed by atoms with E-state index in [0.717, 1.165) is 38.8 Å². The standard InChI is InChI=1S/C20H18N4/c1-11-12(2)18-20(17(22)16(11)21)23-15-10-6-9-14(19(15)24-18)13-7-4-3-5-8-13/h3-10H,21-22H2,1-2H3. The molecule has 0 bridgehead atoms. The Morgan fingerprint density at radius 1 is 0.667 bits per heavy atom. The van der Waals surface area contributed by atoms with Crippen LogP contribution in [0.1, 0.15) is 11.1 Å². The first-order chi connectivity index (χ1) is 11.6. The van der Waals surface area contributed by atoms with Crippen molar-refractivity contribution in [3.05, 3.63) is 59.7 Å². The van der Waals surface area contributed by atoms with Gasteiger partial charge in [0.1, 0.15) is 5.52 Å². The third kappa shape index (κ3) is 2.00. The molecule has 0 radical (unpaired) electrons. The molecule has 0 aliphatic rings. The maximum Gasteiger partial charge on any atom is 0.115 e. The maximum absolute atomic E-state index is 6.20. The molecule has 0 aliphatic heterocycles. The number of aryl methyl sites for hydroxylation is 1. The molecule has 4 heteroatoms. The molecular weight excluding hydrogens is 296 g/mol. The Balaban J connectivity index is 2.15. The van der Waals surface area contributed by atoms with Crippen LogP contribution in [0.15, 0.2) is 48.5 Å². The van der Waals surface area contributed by atoms with E-state index < -0.39 is 0 Å². The smallest absolute Gasteiger partial charge is 0.115 e. The molecule has 118 valence electrons. The van der Waals surface area contributed by atoms with Crippen molar-refractivity contribution in [2.45, 2.75) is 13.8 Å². The summed E-state index contributed by atoms with van der Waals surface area (Å²) in [7, 11) is 0. The first-order valence-electron chi connectivity index (χ1n) is 7.88. The zero-order valence-electron chi connectivity index (χ0n) is 13.7. The van der Waals surface area contributed by atoms with Gasteiger partial charge in [0.25, 0.3) is 0 Å². The molecule has 0 saturated heterocycles. The largest absolute Gasteiger partial charge is 0.397 e. The van der Waals surface area contributed by atoms with E-state index in [1.165, 1.54) is 0 Å². The molecule has 4 rings (SSSR count). The highest BCUT2D eigenvalue weighted by Crippen LogP contribution is 2.34. The lowest BCUT2D eigenvalue weighted by atomic mass is 10.0. The Kier molecular flexibility index (Phi) is 3.13. The molecule has 4 aromatic rings. The average Bonchev–Trinajstić information content (AvgIpc) is 2.63. The fourth-order valence-corrected chi connectivity index (χ4v) is 3.09. The molecule has 0 aliphatic carbocycles. The van der Waals surface area contributed by atoms with E-state index in [0.29, 0.717) is 16.9 Å². The van der Waals surface area contributed by atoms with Crippen LogP contribution in [-0.2, 0) is 0 Å². The second kappa shape index (κ2) is 5.20. The second-order valence-electron chi connectivity index (χ2n) is 6.04. The van der Waals surface area contributed by atoms with Gasteiger partial charge in [-0.25, -0.2) is 9.97 Å². The van der Waals surface area contributed by atoms with Gasteiger partial charge in [-0.1, -0.05) is 42.5 Å². The highest BCUT2D eigenvalue weighted by molar-refractivity contribution is 6.03. The van der Waals surface area contributed by atoms with Crippen LogP contribution >= 0.6 is 0 Å². The minimum atomic E-state index is 0.507. The molecule has 0 saturated carbocycles. The van der Waals surface area contributed by atoms with Crippen LogP contribution in [0.3, 0.4) is 0 Å². The first-order valence-corrected chi connectivity index (χ1v) is 7.88. The van der Waals surface area contributed by atoms with Crippen LogP contribution < -0.4 is 11.5 Å². The van der Waals surface area contributed by atoms with Crippen molar-refractivity contribution in [3.8, 4) is 11.1 Å². The Morgan fingerprint density at radius 3 is 2.17 bits per heavy atom. The highest BCUT2D eigenvalue weighted by Gasteiger charge is 2.15. The van der Waals surface area contributed by atoms with E-state index >= 15 is 0 Å². The van der Waals surface area contributed by atoms with Crippen LogP contribution in [0.4, 0.5) is 11.4 Å². The number of para-hydroxylation sites is 1. The lowest BCUT2D eigenvalue weighted by Crippen LogP contribution is -2.04. The summed E-state index contributed by atoms with van der Waals surface area (Å²) in [5.74, 6) is 0. The number of aromatic nitrogens is 2. The van der Waals surface area contributed by atoms with Gasteiger partial charge in [-0.3, -0.25) is 0 Å². The molecule has 3 aromatic carbocycles. The minimum Gasteiger partial charge on any atom is -0.397 e. The lowest BCUT2D eigenvalue weighted by molar-refractivity contribution is 1.31. The van der Waals surface area contributed by atoms with Gasteiger partial charge in [-0.15, -0.1) is 0 Å². The van der Waals surface area contributed by atoms with Crippen LogP contribution in [0.2, 0.25) is 0 Å². The summed E-state index contributed by atoms with van der Waals surface area (Å²) in [5.41, 5.74) is 20.8. The summed E-state index contributed by atoms with van der Waals surface area (Å²) in [4.78, 5) is 9.68. The molecule has 0 fully saturated rings. The van der Waals surface area contributed by atoms with Crippen molar-refractivity contribution >= 4 is 33.4 Å². The number of rotatable bonds is 1. The van der Waals surface area contributed by atoms with Gasteiger partial charge in [0.05, 0.1) is 27.9 Å². The van der Waals surface area contributed by atoms with Crippen molar-refractivity contribution in [2.24, 2.45) is 0 Å². The normalized spacial score (nSPS) is 11.2. The maximum atomic E-state index is 6.20. The van der Waals surface area contributed by atoms with Crippen molar-refractivity contribution in [1.82, 2.24) is 9.97 Å². The summed E-state index contributed by atoms with van der Waals surface area (Å²) in [6.07, 6.45) is 0. The van der Waals surface area contributed by atoms with Crippen molar-refractivity contribution < 1.29 is 0 Å². The first kappa shape index (κ1) is 14.5. The van der Waals surface area contributed by atoms with Gasteiger partial charge < -0.3 is 11.5 Å². The van der Waals surface area contributed by atoms with E-state index in [1.54, 1.807) is 0 Å². The van der Waals surface area contributed by atoms with Gasteiger partial charge in [-0.05, 0) is 36.6 Å². The van der Waals surface area contributed by atoms with Gasteiger partial charge >= 0.3 is 0 Å². The molecule has 24 heavy (non-hydrogen) atoms. The quantitative estimate of drug-likeness (QED) is 0.407. The number of fused-ring (bicyclic) bond motifs is 2. The van der Waals surface area contributed by atoms with Crippen LogP contribution in [0.5, 0.6) is 0 Å². The fraction of sp³-hybridized carbons (Fsp3) is 0.100. The molecule has 1 aromatic heterocycles. The number of hydrogen-bond acceptors (Lipinski definition) is 4. The number of anilines is 2. The lowest BCUT2D eigenvalue weighted by Gasteiger charge is -2.14. The number of benzene rings is 3.